The number of aromatic nitrogens is 2. The van der Waals surface area contributed by atoms with Crippen LogP contribution in [0.2, 0.25) is 0 Å². The molecule has 0 spiro atoms. The zero-order valence-corrected chi connectivity index (χ0v) is 13.3. The topological polar surface area (TPSA) is 88.5 Å². The predicted molar refractivity (Wildman–Crippen MR) is 90.0 cm³/mol. The maximum atomic E-state index is 8.91. The third-order valence-electron chi connectivity index (χ3n) is 4.00. The Hall–Kier alpha value is -2.54. The van der Waals surface area contributed by atoms with Gasteiger partial charge in [0.05, 0.1) is 5.69 Å². The van der Waals surface area contributed by atoms with Gasteiger partial charge < -0.3 is 25.2 Å². The molecule has 3 N–H and O–H groups in total. The molecule has 0 atom stereocenters. The van der Waals surface area contributed by atoms with Crippen LogP contribution in [-0.4, -0.2) is 35.0 Å². The molecule has 2 aliphatic rings. The first-order chi connectivity index (χ1) is 11.8. The van der Waals surface area contributed by atoms with Crippen LogP contribution in [0.4, 0.5) is 17.5 Å². The first-order valence-electron chi connectivity index (χ1n) is 8.22. The van der Waals surface area contributed by atoms with Gasteiger partial charge in [0, 0.05) is 36.9 Å². The Morgan fingerprint density at radius 2 is 2.00 bits per heavy atom. The van der Waals surface area contributed by atoms with Crippen molar-refractivity contribution in [3.05, 3.63) is 30.0 Å². The molecule has 0 unspecified atom stereocenters. The summed E-state index contributed by atoms with van der Waals surface area (Å²) in [5.74, 6) is 3.36. The zero-order valence-electron chi connectivity index (χ0n) is 13.3. The van der Waals surface area contributed by atoms with Crippen LogP contribution in [0.25, 0.3) is 0 Å². The molecule has 1 aromatic carbocycles. The van der Waals surface area contributed by atoms with Crippen LogP contribution in [0.1, 0.15) is 30.9 Å². The van der Waals surface area contributed by atoms with Gasteiger partial charge in [0.15, 0.2) is 11.5 Å². The van der Waals surface area contributed by atoms with Crippen LogP contribution in [-0.2, 0) is 0 Å². The van der Waals surface area contributed by atoms with E-state index in [4.69, 9.17) is 14.6 Å². The maximum absolute atomic E-state index is 8.91. The molecule has 1 saturated carbocycles. The fraction of sp³-hybridized carbons (Fsp3) is 0.412. The van der Waals surface area contributed by atoms with E-state index >= 15 is 0 Å². The van der Waals surface area contributed by atoms with Gasteiger partial charge in [-0.15, -0.1) is 0 Å². The summed E-state index contributed by atoms with van der Waals surface area (Å²) in [5.41, 5.74) is 1.95. The number of hydrogen-bond acceptors (Lipinski definition) is 7. The van der Waals surface area contributed by atoms with E-state index in [1.165, 1.54) is 12.8 Å². The highest BCUT2D eigenvalue weighted by Crippen LogP contribution is 2.40. The number of ether oxygens (including phenoxy) is 2. The number of hydrogen-bond donors (Lipinski definition) is 3. The molecule has 4 rings (SSSR count). The lowest BCUT2D eigenvalue weighted by atomic mass is 10.2. The normalized spacial score (nSPS) is 15.4. The smallest absolute Gasteiger partial charge is 0.231 e. The molecule has 1 aliphatic carbocycles. The van der Waals surface area contributed by atoms with Crippen molar-refractivity contribution in [2.45, 2.75) is 25.2 Å². The number of rotatable bonds is 7. The van der Waals surface area contributed by atoms with E-state index in [2.05, 4.69) is 20.6 Å². The number of anilines is 3. The molecule has 1 fully saturated rings. The molecule has 126 valence electrons. The second-order valence-electron chi connectivity index (χ2n) is 5.97. The van der Waals surface area contributed by atoms with Crippen LogP contribution in [0.3, 0.4) is 0 Å². The summed E-state index contributed by atoms with van der Waals surface area (Å²) in [7, 11) is 0. The molecular formula is C17H20N4O3. The molecule has 0 saturated heterocycles. The molecule has 0 radical (unpaired) electrons. The summed E-state index contributed by atoms with van der Waals surface area (Å²) >= 11 is 0. The van der Waals surface area contributed by atoms with Gasteiger partial charge in [-0.05, 0) is 31.4 Å². The molecule has 7 nitrogen and oxygen atoms in total. The fourth-order valence-electron chi connectivity index (χ4n) is 2.60. The SMILES string of the molecule is OCCCNc1nc(Nc2ccc3c(c2)OCO3)cc(C2CC2)n1. The van der Waals surface area contributed by atoms with Gasteiger partial charge in [-0.1, -0.05) is 0 Å². The minimum atomic E-state index is 0.150. The van der Waals surface area contributed by atoms with Crippen LogP contribution in [0.15, 0.2) is 24.3 Å². The van der Waals surface area contributed by atoms with Gasteiger partial charge in [-0.25, -0.2) is 4.98 Å². The van der Waals surface area contributed by atoms with E-state index in [0.717, 1.165) is 28.7 Å². The molecule has 7 heteroatoms. The molecule has 1 aliphatic heterocycles. The van der Waals surface area contributed by atoms with Gasteiger partial charge in [0.2, 0.25) is 12.7 Å². The molecule has 1 aromatic heterocycles. The summed E-state index contributed by atoms with van der Waals surface area (Å²) in [4.78, 5) is 9.10. The number of nitrogens with one attached hydrogen (secondary N) is 2. The average molecular weight is 328 g/mol. The van der Waals surface area contributed by atoms with Crippen molar-refractivity contribution in [2.75, 3.05) is 30.6 Å². The summed E-state index contributed by atoms with van der Waals surface area (Å²) in [6.07, 6.45) is 3.02. The van der Waals surface area contributed by atoms with Gasteiger partial charge in [-0.3, -0.25) is 0 Å². The van der Waals surface area contributed by atoms with Crippen LogP contribution < -0.4 is 20.1 Å². The highest BCUT2D eigenvalue weighted by atomic mass is 16.7. The average Bonchev–Trinajstić information content (AvgIpc) is 3.33. The molecular weight excluding hydrogens is 308 g/mol. The monoisotopic (exact) mass is 328 g/mol. The standard InChI is InChI=1S/C17H20N4O3/c22-7-1-6-18-17-20-13(11-2-3-11)9-16(21-17)19-12-4-5-14-15(8-12)24-10-23-14/h4-5,8-9,11,22H,1-3,6-7,10H2,(H2,18,19,20,21). The van der Waals surface area contributed by atoms with Gasteiger partial charge >= 0.3 is 0 Å². The van der Waals surface area contributed by atoms with Crippen molar-refractivity contribution in [3.63, 3.8) is 0 Å². The molecule has 24 heavy (non-hydrogen) atoms. The highest BCUT2D eigenvalue weighted by Gasteiger charge is 2.26. The predicted octanol–water partition coefficient (Wildman–Crippen LogP) is 2.62. The fourth-order valence-corrected chi connectivity index (χ4v) is 2.60. The van der Waals surface area contributed by atoms with E-state index in [-0.39, 0.29) is 13.4 Å². The summed E-state index contributed by atoms with van der Waals surface area (Å²) in [6.45, 7) is 1.06. The van der Waals surface area contributed by atoms with Crippen molar-refractivity contribution in [1.29, 1.82) is 0 Å². The minimum Gasteiger partial charge on any atom is -0.454 e. The first kappa shape index (κ1) is 15.0. The number of fused-ring (bicyclic) bond motifs is 1. The number of aliphatic hydroxyl groups excluding tert-OH is 1. The summed E-state index contributed by atoms with van der Waals surface area (Å²) in [5, 5.41) is 15.4. The Kier molecular flexibility index (Phi) is 4.08. The lowest BCUT2D eigenvalue weighted by Crippen LogP contribution is -2.09. The van der Waals surface area contributed by atoms with Crippen LogP contribution in [0, 0.1) is 0 Å². The number of aliphatic hydroxyl groups is 1. The van der Waals surface area contributed by atoms with Crippen LogP contribution >= 0.6 is 0 Å². The van der Waals surface area contributed by atoms with Crippen molar-refractivity contribution >= 4 is 17.5 Å². The lowest BCUT2D eigenvalue weighted by Gasteiger charge is -2.11. The molecule has 2 aromatic rings. The van der Waals surface area contributed by atoms with E-state index < -0.39 is 0 Å². The van der Waals surface area contributed by atoms with Crippen molar-refractivity contribution in [2.24, 2.45) is 0 Å². The van der Waals surface area contributed by atoms with Gasteiger partial charge in [0.25, 0.3) is 0 Å². The van der Waals surface area contributed by atoms with Gasteiger partial charge in [0.1, 0.15) is 5.82 Å². The molecule has 0 bridgehead atoms. The Bertz CT molecular complexity index is 734. The van der Waals surface area contributed by atoms with E-state index in [0.29, 0.717) is 24.8 Å². The Morgan fingerprint density at radius 3 is 2.83 bits per heavy atom. The van der Waals surface area contributed by atoms with Crippen molar-refractivity contribution in [1.82, 2.24) is 9.97 Å². The largest absolute Gasteiger partial charge is 0.454 e. The molecule has 0 amide bonds. The molecule has 2 heterocycles. The third kappa shape index (κ3) is 3.35. The number of benzene rings is 1. The zero-order chi connectivity index (χ0) is 16.4. The quantitative estimate of drug-likeness (QED) is 0.673. The highest BCUT2D eigenvalue weighted by molar-refractivity contribution is 5.62. The van der Waals surface area contributed by atoms with Crippen molar-refractivity contribution < 1.29 is 14.6 Å². The minimum absolute atomic E-state index is 0.150. The van der Waals surface area contributed by atoms with Crippen LogP contribution in [0.5, 0.6) is 11.5 Å². The third-order valence-corrected chi connectivity index (χ3v) is 4.00. The first-order valence-corrected chi connectivity index (χ1v) is 8.22. The maximum Gasteiger partial charge on any atom is 0.231 e. The Balaban J connectivity index is 1.54. The Labute approximate surface area is 140 Å². The van der Waals surface area contributed by atoms with E-state index in [9.17, 15) is 0 Å². The van der Waals surface area contributed by atoms with Crippen molar-refractivity contribution in [3.8, 4) is 11.5 Å². The lowest BCUT2D eigenvalue weighted by molar-refractivity contribution is 0.174. The second kappa shape index (κ2) is 6.52. The second-order valence-corrected chi connectivity index (χ2v) is 5.97. The van der Waals surface area contributed by atoms with E-state index in [1.807, 2.05) is 24.3 Å². The summed E-state index contributed by atoms with van der Waals surface area (Å²) < 4.78 is 10.7. The van der Waals surface area contributed by atoms with E-state index in [1.54, 1.807) is 0 Å². The number of nitrogens with zero attached hydrogens (tertiary/aromatic N) is 2. The van der Waals surface area contributed by atoms with Gasteiger partial charge in [-0.2, -0.15) is 4.98 Å². The Morgan fingerprint density at radius 1 is 1.12 bits per heavy atom. The summed E-state index contributed by atoms with van der Waals surface area (Å²) in [6, 6.07) is 7.72.